The number of hydrogen-bond donors (Lipinski definition) is 0. The summed E-state index contributed by atoms with van der Waals surface area (Å²) in [7, 11) is 0. The Kier molecular flexibility index (Phi) is 5.30. The third-order valence-corrected chi connectivity index (χ3v) is 7.08. The number of halogens is 3. The average Bonchev–Trinajstić information content (AvgIpc) is 3.41. The minimum absolute atomic E-state index is 0.315. The van der Waals surface area contributed by atoms with Crippen molar-refractivity contribution < 1.29 is 17.9 Å². The van der Waals surface area contributed by atoms with Gasteiger partial charge in [-0.25, -0.2) is 0 Å². The maximum absolute atomic E-state index is 13.1. The topological polar surface area (TPSA) is 30.3 Å². The maximum Gasteiger partial charge on any atom is 0.416 e. The van der Waals surface area contributed by atoms with E-state index in [1.807, 2.05) is 0 Å². The Balaban J connectivity index is 1.22. The van der Waals surface area contributed by atoms with Crippen LogP contribution < -0.4 is 0 Å². The Morgan fingerprint density at radius 2 is 1.83 bits per heavy atom. The van der Waals surface area contributed by atoms with E-state index in [9.17, 15) is 13.2 Å². The highest BCUT2D eigenvalue weighted by Crippen LogP contribution is 2.39. The summed E-state index contributed by atoms with van der Waals surface area (Å²) in [5.74, 6) is 1.12. The number of rotatable bonds is 7. The number of fused-ring (bicyclic) bond motifs is 3. The zero-order chi connectivity index (χ0) is 20.9. The molecule has 164 valence electrons. The lowest BCUT2D eigenvalue weighted by molar-refractivity contribution is -0.137. The number of piperidine rings is 1. The molecule has 3 atom stereocenters. The molecule has 5 rings (SSSR count). The molecule has 2 bridgehead atoms. The number of ether oxygens (including phenoxy) is 1. The molecule has 2 aliphatic heterocycles. The smallest absolute Gasteiger partial charge is 0.378 e. The summed E-state index contributed by atoms with van der Waals surface area (Å²) < 4.78 is 47.2. The first-order chi connectivity index (χ1) is 14.4. The van der Waals surface area contributed by atoms with Crippen LogP contribution in [0.2, 0.25) is 0 Å². The van der Waals surface area contributed by atoms with Crippen LogP contribution in [0.25, 0.3) is 10.9 Å². The summed E-state index contributed by atoms with van der Waals surface area (Å²) in [5.41, 5.74) is -0.0532. The van der Waals surface area contributed by atoms with Gasteiger partial charge in [0.15, 0.2) is 0 Å². The van der Waals surface area contributed by atoms with Gasteiger partial charge in [0.05, 0.1) is 23.4 Å². The summed E-state index contributed by atoms with van der Waals surface area (Å²) in [6.45, 7) is 4.70. The first-order valence-corrected chi connectivity index (χ1v) is 11.3. The fraction of sp³-hybridized carbons (Fsp3) is 0.696. The molecule has 0 N–H and O–H groups in total. The third kappa shape index (κ3) is 4.24. The minimum atomic E-state index is -4.33. The van der Waals surface area contributed by atoms with Crippen LogP contribution in [-0.2, 0) is 17.5 Å². The van der Waals surface area contributed by atoms with Crippen LogP contribution >= 0.6 is 0 Å². The van der Waals surface area contributed by atoms with Gasteiger partial charge in [-0.15, -0.1) is 0 Å². The molecule has 3 aliphatic rings. The predicted octanol–water partition coefficient (Wildman–Crippen LogP) is 5.11. The number of hydrogen-bond acceptors (Lipinski definition) is 3. The molecule has 7 heteroatoms. The van der Waals surface area contributed by atoms with Gasteiger partial charge in [0.1, 0.15) is 0 Å². The molecular formula is C23H30F3N3O. The molecule has 2 unspecified atom stereocenters. The lowest BCUT2D eigenvalue weighted by Crippen LogP contribution is -2.47. The largest absolute Gasteiger partial charge is 0.416 e. The van der Waals surface area contributed by atoms with E-state index in [4.69, 9.17) is 4.74 Å². The SMILES string of the molecule is C[C@H](CN1C2CCC1CC(OCC1CC1)C2)Cn1ncc2ccc(C(F)(F)F)cc21. The van der Waals surface area contributed by atoms with E-state index in [1.54, 1.807) is 10.9 Å². The van der Waals surface area contributed by atoms with Crippen LogP contribution in [0.1, 0.15) is 51.0 Å². The van der Waals surface area contributed by atoms with E-state index in [0.29, 0.717) is 36.2 Å². The predicted molar refractivity (Wildman–Crippen MR) is 109 cm³/mol. The molecule has 3 heterocycles. The molecule has 0 radical (unpaired) electrons. The fourth-order valence-electron chi connectivity index (χ4n) is 5.32. The first-order valence-electron chi connectivity index (χ1n) is 11.3. The van der Waals surface area contributed by atoms with Crippen LogP contribution in [0.3, 0.4) is 0 Å². The number of alkyl halides is 3. The maximum atomic E-state index is 13.1. The van der Waals surface area contributed by atoms with Crippen molar-refractivity contribution in [1.82, 2.24) is 14.7 Å². The van der Waals surface area contributed by atoms with Gasteiger partial charge < -0.3 is 4.74 Å². The Morgan fingerprint density at radius 3 is 2.50 bits per heavy atom. The Hall–Kier alpha value is -1.60. The molecular weight excluding hydrogens is 391 g/mol. The van der Waals surface area contributed by atoms with Gasteiger partial charge in [-0.1, -0.05) is 13.0 Å². The van der Waals surface area contributed by atoms with Crippen molar-refractivity contribution in [3.63, 3.8) is 0 Å². The normalized spacial score (nSPS) is 28.3. The van der Waals surface area contributed by atoms with E-state index in [2.05, 4.69) is 16.9 Å². The van der Waals surface area contributed by atoms with Gasteiger partial charge in [0.25, 0.3) is 0 Å². The average molecular weight is 422 g/mol. The van der Waals surface area contributed by atoms with Crippen LogP contribution in [0.15, 0.2) is 24.4 Å². The zero-order valence-corrected chi connectivity index (χ0v) is 17.4. The van der Waals surface area contributed by atoms with Gasteiger partial charge in [-0.05, 0) is 62.5 Å². The molecule has 4 nitrogen and oxygen atoms in total. The second kappa shape index (κ2) is 7.83. The summed E-state index contributed by atoms with van der Waals surface area (Å²) in [6, 6.07) is 5.04. The van der Waals surface area contributed by atoms with Gasteiger partial charge in [0, 0.05) is 37.2 Å². The Morgan fingerprint density at radius 1 is 1.10 bits per heavy atom. The van der Waals surface area contributed by atoms with Crippen molar-refractivity contribution in [2.45, 2.75) is 76.4 Å². The van der Waals surface area contributed by atoms with E-state index >= 15 is 0 Å². The minimum Gasteiger partial charge on any atom is -0.378 e. The Labute approximate surface area is 175 Å². The molecule has 1 saturated carbocycles. The highest BCUT2D eigenvalue weighted by atomic mass is 19.4. The number of benzene rings is 1. The van der Waals surface area contributed by atoms with E-state index in [-0.39, 0.29) is 0 Å². The molecule has 1 aromatic carbocycles. The molecule has 30 heavy (non-hydrogen) atoms. The van der Waals surface area contributed by atoms with E-state index in [1.165, 1.54) is 37.8 Å². The fourth-order valence-corrected chi connectivity index (χ4v) is 5.32. The van der Waals surface area contributed by atoms with Crippen molar-refractivity contribution in [3.05, 3.63) is 30.0 Å². The molecule has 3 fully saturated rings. The molecule has 2 aromatic rings. The van der Waals surface area contributed by atoms with Crippen molar-refractivity contribution >= 4 is 10.9 Å². The van der Waals surface area contributed by atoms with Gasteiger partial charge >= 0.3 is 6.18 Å². The van der Waals surface area contributed by atoms with Crippen LogP contribution in [0, 0.1) is 11.8 Å². The van der Waals surface area contributed by atoms with Gasteiger partial charge in [-0.3, -0.25) is 9.58 Å². The van der Waals surface area contributed by atoms with Crippen molar-refractivity contribution in [2.24, 2.45) is 11.8 Å². The monoisotopic (exact) mass is 421 g/mol. The van der Waals surface area contributed by atoms with E-state index in [0.717, 1.165) is 43.4 Å². The lowest BCUT2D eigenvalue weighted by atomic mass is 9.98. The molecule has 1 aromatic heterocycles. The van der Waals surface area contributed by atoms with Crippen molar-refractivity contribution in [3.8, 4) is 0 Å². The van der Waals surface area contributed by atoms with Crippen molar-refractivity contribution in [2.75, 3.05) is 13.2 Å². The third-order valence-electron chi connectivity index (χ3n) is 7.08. The molecule has 1 aliphatic carbocycles. The van der Waals surface area contributed by atoms with Crippen LogP contribution in [-0.4, -0.2) is 46.0 Å². The summed E-state index contributed by atoms with van der Waals surface area (Å²) in [6.07, 6.45) is 5.11. The van der Waals surface area contributed by atoms with Crippen LogP contribution in [0.4, 0.5) is 13.2 Å². The molecule has 0 spiro atoms. The summed E-state index contributed by atoms with van der Waals surface area (Å²) in [5, 5.41) is 5.13. The highest BCUT2D eigenvalue weighted by molar-refractivity contribution is 5.79. The quantitative estimate of drug-likeness (QED) is 0.622. The molecule has 2 saturated heterocycles. The Bertz CT molecular complexity index is 877. The highest BCUT2D eigenvalue weighted by Gasteiger charge is 2.41. The summed E-state index contributed by atoms with van der Waals surface area (Å²) in [4.78, 5) is 2.63. The lowest BCUT2D eigenvalue weighted by Gasteiger charge is -2.40. The second-order valence-corrected chi connectivity index (χ2v) is 9.66. The molecule has 0 amide bonds. The summed E-state index contributed by atoms with van der Waals surface area (Å²) >= 11 is 0. The number of aromatic nitrogens is 2. The van der Waals surface area contributed by atoms with Gasteiger partial charge in [-0.2, -0.15) is 18.3 Å². The van der Waals surface area contributed by atoms with Crippen molar-refractivity contribution in [1.29, 1.82) is 0 Å². The zero-order valence-electron chi connectivity index (χ0n) is 17.4. The van der Waals surface area contributed by atoms with E-state index < -0.39 is 11.7 Å². The van der Waals surface area contributed by atoms with Gasteiger partial charge in [0.2, 0.25) is 0 Å². The standard InChI is InChI=1S/C23H30F3N3O/c1-15(13-29-22-8-18(23(24,25)26)5-4-17(22)11-27-29)12-28-19-6-7-20(28)10-21(9-19)30-14-16-2-3-16/h4-5,8,11,15-16,19-21H,2-3,6-7,9-10,12-14H2,1H3/t15-,19?,20?,21?/m1/s1. The first kappa shape index (κ1) is 20.3. The van der Waals surface area contributed by atoms with Crippen LogP contribution in [0.5, 0.6) is 0 Å². The number of nitrogens with zero attached hydrogens (tertiary/aromatic N) is 3. The second-order valence-electron chi connectivity index (χ2n) is 9.66.